The van der Waals surface area contributed by atoms with Crippen LogP contribution in [0.25, 0.3) is 0 Å². The van der Waals surface area contributed by atoms with Crippen molar-refractivity contribution < 1.29 is 10.2 Å². The normalized spacial score (nSPS) is 12.9. The molecule has 1 atom stereocenters. The molecule has 14 heavy (non-hydrogen) atoms. The minimum atomic E-state index is -0.298. The van der Waals surface area contributed by atoms with Gasteiger partial charge in [0, 0.05) is 21.8 Å². The van der Waals surface area contributed by atoms with Crippen LogP contribution in [0.5, 0.6) is 5.75 Å². The van der Waals surface area contributed by atoms with Gasteiger partial charge in [-0.25, -0.2) is 0 Å². The topological polar surface area (TPSA) is 66.5 Å². The number of aliphatic hydroxyl groups excluding tert-OH is 1. The number of aromatic hydroxyl groups is 1. The van der Waals surface area contributed by atoms with Gasteiger partial charge in [-0.3, -0.25) is 0 Å². The minimum absolute atomic E-state index is 0.0329. The summed E-state index contributed by atoms with van der Waals surface area (Å²) < 4.78 is 1.04. The molecule has 1 aromatic rings. The Kier molecular flexibility index (Phi) is 4.15. The van der Waals surface area contributed by atoms with E-state index in [4.69, 9.17) is 10.8 Å². The van der Waals surface area contributed by atoms with E-state index in [9.17, 15) is 5.11 Å². The molecule has 4 N–H and O–H groups in total. The second-order valence-corrected chi connectivity index (χ2v) is 4.52. The van der Waals surface area contributed by atoms with E-state index in [1.807, 2.05) is 19.1 Å². The number of phenols is 1. The number of phenolic OH excluding ortho intramolecular Hbond substituents is 1. The molecule has 0 aliphatic carbocycles. The summed E-state index contributed by atoms with van der Waals surface area (Å²) >= 11 is 2.18. The maximum Gasteiger partial charge on any atom is 0.123 e. The number of benzene rings is 1. The lowest BCUT2D eigenvalue weighted by atomic mass is 10.0. The van der Waals surface area contributed by atoms with E-state index in [0.29, 0.717) is 12.0 Å². The Morgan fingerprint density at radius 1 is 1.50 bits per heavy atom. The summed E-state index contributed by atoms with van der Waals surface area (Å²) in [7, 11) is 0. The maximum absolute atomic E-state index is 9.75. The fourth-order valence-corrected chi connectivity index (χ4v) is 2.14. The molecule has 0 aliphatic heterocycles. The number of aliphatic hydroxyl groups is 1. The van der Waals surface area contributed by atoms with E-state index in [0.717, 1.165) is 9.13 Å². The van der Waals surface area contributed by atoms with Crippen LogP contribution in [-0.4, -0.2) is 16.8 Å². The molecule has 1 rings (SSSR count). The quantitative estimate of drug-likeness (QED) is 0.745. The first kappa shape index (κ1) is 11.7. The van der Waals surface area contributed by atoms with Gasteiger partial charge in [0.25, 0.3) is 0 Å². The van der Waals surface area contributed by atoms with Crippen LogP contribution in [0.2, 0.25) is 0 Å². The number of hydrogen-bond donors (Lipinski definition) is 3. The molecule has 0 saturated carbocycles. The molecule has 0 aliphatic rings. The highest BCUT2D eigenvalue weighted by atomic mass is 127. The Balaban J connectivity index is 3.07. The van der Waals surface area contributed by atoms with Gasteiger partial charge in [-0.2, -0.15) is 0 Å². The van der Waals surface area contributed by atoms with Gasteiger partial charge >= 0.3 is 0 Å². The van der Waals surface area contributed by atoms with Crippen LogP contribution in [0.15, 0.2) is 12.1 Å². The van der Waals surface area contributed by atoms with Gasteiger partial charge in [0.05, 0.1) is 0 Å². The average molecular weight is 307 g/mol. The van der Waals surface area contributed by atoms with Gasteiger partial charge in [-0.15, -0.1) is 0 Å². The first-order valence-electron chi connectivity index (χ1n) is 4.41. The fourth-order valence-electron chi connectivity index (χ4n) is 1.34. The Labute approximate surface area is 97.1 Å². The first-order valence-corrected chi connectivity index (χ1v) is 5.49. The summed E-state index contributed by atoms with van der Waals surface area (Å²) in [6, 6.07) is 3.45. The molecule has 0 unspecified atom stereocenters. The molecule has 0 saturated heterocycles. The summed E-state index contributed by atoms with van der Waals surface area (Å²) in [4.78, 5) is 0. The van der Waals surface area contributed by atoms with Crippen LogP contribution in [0.3, 0.4) is 0 Å². The van der Waals surface area contributed by atoms with E-state index in [2.05, 4.69) is 22.6 Å². The van der Waals surface area contributed by atoms with Gasteiger partial charge in [-0.1, -0.05) is 0 Å². The standard InChI is InChI=1S/C10H14INO2/c1-6-4-7(11)5-8(10(6)14)9(12)2-3-13/h4-5,9,13-14H,2-3,12H2,1H3/t9-/m1/s1. The van der Waals surface area contributed by atoms with Crippen molar-refractivity contribution in [2.45, 2.75) is 19.4 Å². The zero-order valence-corrected chi connectivity index (χ0v) is 10.2. The maximum atomic E-state index is 9.75. The fraction of sp³-hybridized carbons (Fsp3) is 0.400. The smallest absolute Gasteiger partial charge is 0.123 e. The monoisotopic (exact) mass is 307 g/mol. The van der Waals surface area contributed by atoms with Gasteiger partial charge in [0.1, 0.15) is 5.75 Å². The van der Waals surface area contributed by atoms with E-state index in [1.165, 1.54) is 0 Å². The molecule has 0 radical (unpaired) electrons. The van der Waals surface area contributed by atoms with Crippen molar-refractivity contribution in [3.8, 4) is 5.75 Å². The van der Waals surface area contributed by atoms with Crippen molar-refractivity contribution in [3.05, 3.63) is 26.8 Å². The summed E-state index contributed by atoms with van der Waals surface area (Å²) in [5.74, 6) is 0.242. The van der Waals surface area contributed by atoms with Gasteiger partial charge in [0.15, 0.2) is 0 Å². The van der Waals surface area contributed by atoms with Gasteiger partial charge < -0.3 is 15.9 Å². The van der Waals surface area contributed by atoms with Crippen molar-refractivity contribution in [3.63, 3.8) is 0 Å². The average Bonchev–Trinajstić information content (AvgIpc) is 2.11. The number of aryl methyl sites for hydroxylation is 1. The van der Waals surface area contributed by atoms with E-state index in [-0.39, 0.29) is 18.4 Å². The van der Waals surface area contributed by atoms with Crippen molar-refractivity contribution in [1.29, 1.82) is 0 Å². The molecule has 1 aromatic carbocycles. The van der Waals surface area contributed by atoms with Crippen molar-refractivity contribution in [1.82, 2.24) is 0 Å². The Morgan fingerprint density at radius 2 is 2.14 bits per heavy atom. The first-order chi connectivity index (χ1) is 6.56. The predicted molar refractivity (Wildman–Crippen MR) is 64.2 cm³/mol. The summed E-state index contributed by atoms with van der Waals surface area (Å²) in [6.07, 6.45) is 0.465. The zero-order chi connectivity index (χ0) is 10.7. The Morgan fingerprint density at radius 3 is 2.71 bits per heavy atom. The molecule has 0 spiro atoms. The zero-order valence-electron chi connectivity index (χ0n) is 8.00. The number of hydrogen-bond acceptors (Lipinski definition) is 3. The number of nitrogens with two attached hydrogens (primary N) is 1. The van der Waals surface area contributed by atoms with E-state index >= 15 is 0 Å². The highest BCUT2D eigenvalue weighted by Gasteiger charge is 2.12. The number of rotatable bonds is 3. The lowest BCUT2D eigenvalue weighted by Crippen LogP contribution is -2.12. The van der Waals surface area contributed by atoms with Crippen molar-refractivity contribution in [2.24, 2.45) is 5.73 Å². The second kappa shape index (κ2) is 4.95. The van der Waals surface area contributed by atoms with Crippen LogP contribution < -0.4 is 5.73 Å². The van der Waals surface area contributed by atoms with E-state index < -0.39 is 0 Å². The van der Waals surface area contributed by atoms with Crippen LogP contribution in [0.4, 0.5) is 0 Å². The van der Waals surface area contributed by atoms with Crippen LogP contribution in [-0.2, 0) is 0 Å². The van der Waals surface area contributed by atoms with E-state index in [1.54, 1.807) is 0 Å². The van der Waals surface area contributed by atoms with Crippen LogP contribution >= 0.6 is 22.6 Å². The van der Waals surface area contributed by atoms with Crippen LogP contribution in [0.1, 0.15) is 23.6 Å². The molecule has 0 fully saturated rings. The molecule has 0 amide bonds. The Hall–Kier alpha value is -0.330. The van der Waals surface area contributed by atoms with Crippen molar-refractivity contribution in [2.75, 3.05) is 6.61 Å². The van der Waals surface area contributed by atoms with Gasteiger partial charge in [-0.05, 0) is 53.6 Å². The predicted octanol–water partition coefficient (Wildman–Crippen LogP) is 1.69. The Bertz CT molecular complexity index is 328. The highest BCUT2D eigenvalue weighted by molar-refractivity contribution is 14.1. The highest BCUT2D eigenvalue weighted by Crippen LogP contribution is 2.29. The molecule has 0 bridgehead atoms. The largest absolute Gasteiger partial charge is 0.507 e. The summed E-state index contributed by atoms with van der Waals surface area (Å²) in [6.45, 7) is 1.87. The second-order valence-electron chi connectivity index (χ2n) is 3.28. The van der Waals surface area contributed by atoms with Crippen LogP contribution in [0, 0.1) is 10.5 Å². The molecular weight excluding hydrogens is 293 g/mol. The minimum Gasteiger partial charge on any atom is -0.507 e. The third-order valence-corrected chi connectivity index (χ3v) is 2.76. The molecule has 3 nitrogen and oxygen atoms in total. The molecule has 0 heterocycles. The number of halogens is 1. The molecular formula is C10H14INO2. The lowest BCUT2D eigenvalue weighted by Gasteiger charge is -2.14. The molecule has 78 valence electrons. The summed E-state index contributed by atoms with van der Waals surface area (Å²) in [5.41, 5.74) is 7.35. The third-order valence-electron chi connectivity index (χ3n) is 2.13. The third kappa shape index (κ3) is 2.59. The lowest BCUT2D eigenvalue weighted by molar-refractivity contribution is 0.275. The molecule has 0 aromatic heterocycles. The summed E-state index contributed by atoms with van der Waals surface area (Å²) in [5, 5.41) is 18.5. The van der Waals surface area contributed by atoms with Gasteiger partial charge in [0.2, 0.25) is 0 Å². The molecule has 4 heteroatoms. The SMILES string of the molecule is Cc1cc(I)cc([C@H](N)CCO)c1O. The van der Waals surface area contributed by atoms with Crippen molar-refractivity contribution >= 4 is 22.6 Å².